The van der Waals surface area contributed by atoms with Gasteiger partial charge >= 0.3 is 0 Å². The molecular formula is C19H18ClN5O2. The van der Waals surface area contributed by atoms with Gasteiger partial charge in [0.25, 0.3) is 11.8 Å². The minimum absolute atomic E-state index is 0.0624. The molecule has 1 aromatic carbocycles. The molecule has 0 radical (unpaired) electrons. The Hall–Kier alpha value is -3.11. The van der Waals surface area contributed by atoms with E-state index in [1.165, 1.54) is 6.20 Å². The van der Waals surface area contributed by atoms with Gasteiger partial charge in [-0.05, 0) is 25.0 Å². The number of para-hydroxylation sites is 1. The molecule has 2 amide bonds. The first kappa shape index (κ1) is 18.7. The summed E-state index contributed by atoms with van der Waals surface area (Å²) < 4.78 is 0. The van der Waals surface area contributed by atoms with Crippen molar-refractivity contribution in [2.45, 2.75) is 12.8 Å². The Labute approximate surface area is 162 Å². The summed E-state index contributed by atoms with van der Waals surface area (Å²) >= 11 is 6.13. The molecule has 1 fully saturated rings. The van der Waals surface area contributed by atoms with Crippen molar-refractivity contribution in [3.8, 4) is 12.3 Å². The maximum Gasteiger partial charge on any atom is 0.276 e. The third-order valence-electron chi connectivity index (χ3n) is 4.11. The maximum absolute atomic E-state index is 12.7. The molecule has 0 atom stereocenters. The highest BCUT2D eigenvalue weighted by atomic mass is 35.5. The van der Waals surface area contributed by atoms with Gasteiger partial charge in [-0.25, -0.2) is 9.97 Å². The second kappa shape index (κ2) is 8.52. The fourth-order valence-corrected chi connectivity index (χ4v) is 2.96. The molecule has 138 valence electrons. The predicted octanol–water partition coefficient (Wildman–Crippen LogP) is 2.35. The van der Waals surface area contributed by atoms with E-state index in [0.29, 0.717) is 17.2 Å². The van der Waals surface area contributed by atoms with Crippen molar-refractivity contribution < 1.29 is 9.59 Å². The molecule has 3 rings (SSSR count). The number of hydrogen-bond acceptors (Lipinski definition) is 5. The van der Waals surface area contributed by atoms with Crippen LogP contribution in [0.2, 0.25) is 5.02 Å². The normalized spacial score (nSPS) is 13.1. The number of hydrogen-bond donors (Lipinski definition) is 2. The van der Waals surface area contributed by atoms with Crippen molar-refractivity contribution in [3.05, 3.63) is 46.7 Å². The molecule has 1 aliphatic heterocycles. The van der Waals surface area contributed by atoms with E-state index in [2.05, 4.69) is 26.5 Å². The average Bonchev–Trinajstić information content (AvgIpc) is 3.21. The molecule has 2 aromatic rings. The van der Waals surface area contributed by atoms with Crippen LogP contribution in [0.25, 0.3) is 0 Å². The fourth-order valence-electron chi connectivity index (χ4n) is 2.78. The largest absolute Gasteiger partial charge is 0.341 e. The molecule has 0 unspecified atom stereocenters. The van der Waals surface area contributed by atoms with E-state index in [1.54, 1.807) is 24.3 Å². The van der Waals surface area contributed by atoms with Crippen molar-refractivity contribution in [2.75, 3.05) is 29.9 Å². The van der Waals surface area contributed by atoms with Gasteiger partial charge in [0.2, 0.25) is 5.95 Å². The molecular weight excluding hydrogens is 366 g/mol. The van der Waals surface area contributed by atoms with Gasteiger partial charge in [0.1, 0.15) is 0 Å². The smallest absolute Gasteiger partial charge is 0.276 e. The molecule has 2 heterocycles. The SMILES string of the molecule is C#CCNC(=O)c1ccccc1NC(=O)c1nc(N2CCCC2)ncc1Cl. The number of amides is 2. The number of halogens is 1. The number of nitrogens with zero attached hydrogens (tertiary/aromatic N) is 3. The molecule has 1 saturated heterocycles. The van der Waals surface area contributed by atoms with Gasteiger partial charge in [-0.2, -0.15) is 0 Å². The summed E-state index contributed by atoms with van der Waals surface area (Å²) in [6, 6.07) is 6.63. The van der Waals surface area contributed by atoms with Crippen LogP contribution < -0.4 is 15.5 Å². The van der Waals surface area contributed by atoms with Gasteiger partial charge < -0.3 is 15.5 Å². The summed E-state index contributed by atoms with van der Waals surface area (Å²) in [6.45, 7) is 1.79. The Morgan fingerprint density at radius 3 is 2.70 bits per heavy atom. The second-order valence-electron chi connectivity index (χ2n) is 5.95. The van der Waals surface area contributed by atoms with E-state index in [-0.39, 0.29) is 23.2 Å². The van der Waals surface area contributed by atoms with Crippen molar-refractivity contribution >= 4 is 35.1 Å². The molecule has 0 bridgehead atoms. The van der Waals surface area contributed by atoms with Gasteiger partial charge in [-0.1, -0.05) is 29.7 Å². The Morgan fingerprint density at radius 1 is 1.22 bits per heavy atom. The number of anilines is 2. The number of rotatable bonds is 5. The quantitative estimate of drug-likeness (QED) is 0.774. The second-order valence-corrected chi connectivity index (χ2v) is 6.35. The average molecular weight is 384 g/mol. The number of nitrogens with one attached hydrogen (secondary N) is 2. The first-order valence-electron chi connectivity index (χ1n) is 8.49. The summed E-state index contributed by atoms with van der Waals surface area (Å²) in [7, 11) is 0. The van der Waals surface area contributed by atoms with Crippen molar-refractivity contribution in [1.82, 2.24) is 15.3 Å². The number of benzene rings is 1. The van der Waals surface area contributed by atoms with Crippen molar-refractivity contribution in [3.63, 3.8) is 0 Å². The van der Waals surface area contributed by atoms with E-state index < -0.39 is 5.91 Å². The Bertz CT molecular complexity index is 903. The zero-order valence-electron chi connectivity index (χ0n) is 14.5. The van der Waals surface area contributed by atoms with Gasteiger partial charge in [0.05, 0.1) is 29.0 Å². The lowest BCUT2D eigenvalue weighted by atomic mass is 10.1. The Balaban J connectivity index is 1.83. The maximum atomic E-state index is 12.7. The molecule has 2 N–H and O–H groups in total. The fraction of sp³-hybridized carbons (Fsp3) is 0.263. The standard InChI is InChI=1S/C19H18ClN5O2/c1-2-9-21-17(26)13-7-3-4-8-15(13)23-18(27)16-14(20)12-22-19(24-16)25-10-5-6-11-25/h1,3-4,7-8,12H,5-6,9-11H2,(H,21,26)(H,23,27). The van der Waals surface area contributed by atoms with E-state index in [1.807, 2.05) is 4.90 Å². The zero-order chi connectivity index (χ0) is 19.2. The molecule has 0 aliphatic carbocycles. The summed E-state index contributed by atoms with van der Waals surface area (Å²) in [5.74, 6) is 1.92. The van der Waals surface area contributed by atoms with Crippen molar-refractivity contribution in [2.24, 2.45) is 0 Å². The highest BCUT2D eigenvalue weighted by molar-refractivity contribution is 6.34. The Morgan fingerprint density at radius 2 is 1.96 bits per heavy atom. The third-order valence-corrected chi connectivity index (χ3v) is 4.38. The molecule has 7 nitrogen and oxygen atoms in total. The first-order chi connectivity index (χ1) is 13.1. The molecule has 1 aromatic heterocycles. The van der Waals surface area contributed by atoms with E-state index in [9.17, 15) is 9.59 Å². The van der Waals surface area contributed by atoms with Crippen LogP contribution >= 0.6 is 11.6 Å². The van der Waals surface area contributed by atoms with Gasteiger partial charge in [-0.3, -0.25) is 9.59 Å². The number of terminal acetylenes is 1. The Kier molecular flexibility index (Phi) is 5.89. The predicted molar refractivity (Wildman–Crippen MR) is 104 cm³/mol. The zero-order valence-corrected chi connectivity index (χ0v) is 15.3. The summed E-state index contributed by atoms with van der Waals surface area (Å²) in [5, 5.41) is 5.42. The van der Waals surface area contributed by atoms with E-state index in [4.69, 9.17) is 18.0 Å². The lowest BCUT2D eigenvalue weighted by molar-refractivity contribution is 0.0959. The monoisotopic (exact) mass is 383 g/mol. The minimum atomic E-state index is -0.514. The topological polar surface area (TPSA) is 87.2 Å². The van der Waals surface area contributed by atoms with Crippen LogP contribution in [-0.4, -0.2) is 41.4 Å². The summed E-state index contributed by atoms with van der Waals surface area (Å²) in [5.41, 5.74) is 0.702. The number of carbonyl (C=O) groups excluding carboxylic acids is 2. The van der Waals surface area contributed by atoms with E-state index in [0.717, 1.165) is 25.9 Å². The lowest BCUT2D eigenvalue weighted by Crippen LogP contribution is -2.26. The minimum Gasteiger partial charge on any atom is -0.341 e. The van der Waals surface area contributed by atoms with Crippen LogP contribution in [0.1, 0.15) is 33.7 Å². The van der Waals surface area contributed by atoms with Crippen LogP contribution in [0, 0.1) is 12.3 Å². The number of aromatic nitrogens is 2. The van der Waals surface area contributed by atoms with Crippen LogP contribution in [0.15, 0.2) is 30.5 Å². The van der Waals surface area contributed by atoms with E-state index >= 15 is 0 Å². The van der Waals surface area contributed by atoms with Crippen LogP contribution in [0.3, 0.4) is 0 Å². The molecule has 0 saturated carbocycles. The van der Waals surface area contributed by atoms with Crippen LogP contribution in [-0.2, 0) is 0 Å². The lowest BCUT2D eigenvalue weighted by Gasteiger charge is -2.16. The number of carbonyl (C=O) groups is 2. The van der Waals surface area contributed by atoms with Gasteiger partial charge in [-0.15, -0.1) is 6.42 Å². The van der Waals surface area contributed by atoms with Gasteiger partial charge in [0.15, 0.2) is 5.69 Å². The van der Waals surface area contributed by atoms with Crippen LogP contribution in [0.5, 0.6) is 0 Å². The molecule has 0 spiro atoms. The van der Waals surface area contributed by atoms with Gasteiger partial charge in [0, 0.05) is 13.1 Å². The summed E-state index contributed by atoms with van der Waals surface area (Å²) in [6.07, 6.45) is 8.71. The van der Waals surface area contributed by atoms with Crippen molar-refractivity contribution in [1.29, 1.82) is 0 Å². The molecule has 8 heteroatoms. The molecule has 27 heavy (non-hydrogen) atoms. The first-order valence-corrected chi connectivity index (χ1v) is 8.87. The van der Waals surface area contributed by atoms with Crippen LogP contribution in [0.4, 0.5) is 11.6 Å². The highest BCUT2D eigenvalue weighted by Crippen LogP contribution is 2.22. The highest BCUT2D eigenvalue weighted by Gasteiger charge is 2.21. The summed E-state index contributed by atoms with van der Waals surface area (Å²) in [4.78, 5) is 35.5. The molecule has 1 aliphatic rings. The third kappa shape index (κ3) is 4.36.